The van der Waals surface area contributed by atoms with Crippen LogP contribution >= 0.6 is 0 Å². The van der Waals surface area contributed by atoms with Crippen LogP contribution in [0.1, 0.15) is 13.8 Å². The third-order valence-electron chi connectivity index (χ3n) is 0.770. The molecule has 0 fully saturated rings. The molecule has 0 unspecified atom stereocenters. The minimum Gasteiger partial charge on any atom is -0.112 e. The van der Waals surface area contributed by atoms with Gasteiger partial charge in [-0.15, -0.1) is 12.5 Å². The molecule has 0 radical (unpaired) electrons. The van der Waals surface area contributed by atoms with Crippen LogP contribution in [-0.4, -0.2) is 20.8 Å². The van der Waals surface area contributed by atoms with Crippen LogP contribution in [0.25, 0.3) is 0 Å². The maximum atomic E-state index is 5.19. The molecule has 0 rings (SSSR count). The normalized spacial score (nSPS) is 11.4. The van der Waals surface area contributed by atoms with E-state index < -0.39 is 11.7 Å². The predicted molar refractivity (Wildman–Crippen MR) is 42.2 cm³/mol. The van der Waals surface area contributed by atoms with E-state index in [1.54, 1.807) is 14.2 Å². The summed E-state index contributed by atoms with van der Waals surface area (Å²) in [5.41, 5.74) is 0. The summed E-state index contributed by atoms with van der Waals surface area (Å²) in [5.74, 6) is 0.514. The Morgan fingerprint density at radius 2 is 1.70 bits per heavy atom. The topological polar surface area (TPSA) is 27.7 Å². The van der Waals surface area contributed by atoms with E-state index in [-0.39, 0.29) is 0 Å². The highest BCUT2D eigenvalue weighted by molar-refractivity contribution is 7.82. The maximum absolute atomic E-state index is 5.19. The monoisotopic (exact) mass is 167 g/mol. The third-order valence-corrected chi connectivity index (χ3v) is 1.64. The lowest BCUT2D eigenvalue weighted by Gasteiger charge is -1.99. The molecule has 0 spiro atoms. The Kier molecular flexibility index (Phi) is 6.11. The molecule has 10 heavy (non-hydrogen) atoms. The average Bonchev–Trinajstić information content (AvgIpc) is 1.90. The van der Waals surface area contributed by atoms with E-state index in [0.717, 1.165) is 0 Å². The van der Waals surface area contributed by atoms with E-state index >= 15 is 0 Å². The minimum absolute atomic E-state index is 0.514. The lowest BCUT2D eigenvalue weighted by Crippen LogP contribution is -2.13. The van der Waals surface area contributed by atoms with Gasteiger partial charge in [-0.3, -0.25) is 0 Å². The quantitative estimate of drug-likeness (QED) is 0.578. The fourth-order valence-electron chi connectivity index (χ4n) is 0.356. The molecule has 0 aromatic heterocycles. The third kappa shape index (κ3) is 5.05. The van der Waals surface area contributed by atoms with Gasteiger partial charge >= 0.3 is 11.7 Å². The van der Waals surface area contributed by atoms with Crippen LogP contribution in [0.4, 0.5) is 0 Å². The van der Waals surface area contributed by atoms with Crippen molar-refractivity contribution in [3.05, 3.63) is 0 Å². The molecule has 0 saturated heterocycles. The molecule has 0 aliphatic rings. The minimum atomic E-state index is -0.759. The first kappa shape index (κ1) is 10.2. The van der Waals surface area contributed by atoms with Crippen molar-refractivity contribution in [1.82, 2.24) is 0 Å². The highest BCUT2D eigenvalue weighted by atomic mass is 32.3. The molecule has 0 aliphatic carbocycles. The summed E-state index contributed by atoms with van der Waals surface area (Å²) < 4.78 is 14.9. The van der Waals surface area contributed by atoms with Crippen LogP contribution in [0.15, 0.2) is 0 Å². The molecule has 0 bridgehead atoms. The highest BCUT2D eigenvalue weighted by Gasteiger charge is 2.22. The van der Waals surface area contributed by atoms with E-state index in [9.17, 15) is 0 Å². The molecule has 0 aromatic carbocycles. The van der Waals surface area contributed by atoms with Crippen molar-refractivity contribution < 1.29 is 12.5 Å². The molecule has 0 atom stereocenters. The van der Waals surface area contributed by atoms with Gasteiger partial charge in [0.05, 0.1) is 14.2 Å². The van der Waals surface area contributed by atoms with Gasteiger partial charge in [-0.2, -0.15) is 0 Å². The highest BCUT2D eigenvalue weighted by Crippen LogP contribution is 2.03. The van der Waals surface area contributed by atoms with E-state index in [2.05, 4.69) is 13.8 Å². The molecule has 0 amide bonds. The SMILES string of the molecule is CO[S+](OC)OCC(C)C. The van der Waals surface area contributed by atoms with Crippen molar-refractivity contribution >= 4 is 11.7 Å². The van der Waals surface area contributed by atoms with Crippen LogP contribution in [0.5, 0.6) is 0 Å². The summed E-state index contributed by atoms with van der Waals surface area (Å²) in [6.07, 6.45) is 0. The second kappa shape index (κ2) is 5.97. The van der Waals surface area contributed by atoms with Gasteiger partial charge < -0.3 is 0 Å². The van der Waals surface area contributed by atoms with Crippen LogP contribution in [0.3, 0.4) is 0 Å². The molecule has 62 valence electrons. The van der Waals surface area contributed by atoms with Crippen molar-refractivity contribution in [3.63, 3.8) is 0 Å². The van der Waals surface area contributed by atoms with Crippen LogP contribution < -0.4 is 0 Å². The van der Waals surface area contributed by atoms with Crippen molar-refractivity contribution in [3.8, 4) is 0 Å². The molecule has 3 nitrogen and oxygen atoms in total. The second-order valence-corrected chi connectivity index (χ2v) is 3.53. The first-order valence-corrected chi connectivity index (χ1v) is 4.17. The first-order chi connectivity index (χ1) is 4.70. The van der Waals surface area contributed by atoms with Gasteiger partial charge in [0.2, 0.25) is 0 Å². The average molecular weight is 167 g/mol. The van der Waals surface area contributed by atoms with Crippen LogP contribution in [0.2, 0.25) is 0 Å². The Bertz CT molecular complexity index is 73.4. The van der Waals surface area contributed by atoms with E-state index in [1.807, 2.05) is 0 Å². The Balaban J connectivity index is 3.26. The summed E-state index contributed by atoms with van der Waals surface area (Å²) in [4.78, 5) is 0. The summed E-state index contributed by atoms with van der Waals surface area (Å²) in [6, 6.07) is 0. The molecular weight excluding hydrogens is 152 g/mol. The number of hydrogen-bond donors (Lipinski definition) is 0. The van der Waals surface area contributed by atoms with Gasteiger partial charge in [0.1, 0.15) is 6.61 Å². The van der Waals surface area contributed by atoms with Gasteiger partial charge in [-0.05, 0) is 5.92 Å². The van der Waals surface area contributed by atoms with Gasteiger partial charge in [-0.1, -0.05) is 13.8 Å². The number of rotatable bonds is 5. The molecule has 0 saturated carbocycles. The molecule has 4 heteroatoms. The zero-order valence-corrected chi connectivity index (χ0v) is 7.73. The lowest BCUT2D eigenvalue weighted by atomic mass is 10.2. The Morgan fingerprint density at radius 3 is 2.00 bits per heavy atom. The van der Waals surface area contributed by atoms with Gasteiger partial charge in [0.25, 0.3) is 0 Å². The smallest absolute Gasteiger partial charge is 0.112 e. The predicted octanol–water partition coefficient (Wildman–Crippen LogP) is 1.32. The summed E-state index contributed by atoms with van der Waals surface area (Å²) in [5, 5.41) is 0. The molecular formula is C6H15O3S+. The molecule has 0 N–H and O–H groups in total. The van der Waals surface area contributed by atoms with Crippen LogP contribution in [-0.2, 0) is 24.3 Å². The van der Waals surface area contributed by atoms with Crippen molar-refractivity contribution in [2.45, 2.75) is 13.8 Å². The van der Waals surface area contributed by atoms with E-state index in [4.69, 9.17) is 12.5 Å². The second-order valence-electron chi connectivity index (χ2n) is 2.22. The summed E-state index contributed by atoms with van der Waals surface area (Å²) in [6.45, 7) is 4.82. The fraction of sp³-hybridized carbons (Fsp3) is 1.00. The van der Waals surface area contributed by atoms with Crippen molar-refractivity contribution in [2.24, 2.45) is 5.92 Å². The van der Waals surface area contributed by atoms with Crippen LogP contribution in [0, 0.1) is 5.92 Å². The fourth-order valence-corrected chi connectivity index (χ4v) is 1.07. The molecule has 0 heterocycles. The first-order valence-electron chi connectivity index (χ1n) is 3.17. The van der Waals surface area contributed by atoms with Crippen molar-refractivity contribution in [2.75, 3.05) is 20.8 Å². The standard InChI is InChI=1S/C6H15O3S/c1-6(2)5-9-10(7-3)8-4/h6H,5H2,1-4H3/q+1. The number of hydrogen-bond acceptors (Lipinski definition) is 3. The van der Waals surface area contributed by atoms with E-state index in [0.29, 0.717) is 12.5 Å². The summed E-state index contributed by atoms with van der Waals surface area (Å²) >= 11 is -0.759. The molecule has 0 aliphatic heterocycles. The van der Waals surface area contributed by atoms with Gasteiger partial charge in [-0.25, -0.2) is 0 Å². The van der Waals surface area contributed by atoms with Gasteiger partial charge in [0.15, 0.2) is 0 Å². The maximum Gasteiger partial charge on any atom is 0.507 e. The Labute approximate surface area is 65.6 Å². The Morgan fingerprint density at radius 1 is 1.20 bits per heavy atom. The van der Waals surface area contributed by atoms with Crippen molar-refractivity contribution in [1.29, 1.82) is 0 Å². The lowest BCUT2D eigenvalue weighted by molar-refractivity contribution is 0.206. The Hall–Kier alpha value is 0.230. The zero-order chi connectivity index (χ0) is 7.98. The summed E-state index contributed by atoms with van der Waals surface area (Å²) in [7, 11) is 3.12. The van der Waals surface area contributed by atoms with Gasteiger partial charge in [0, 0.05) is 0 Å². The molecule has 0 aromatic rings. The van der Waals surface area contributed by atoms with E-state index in [1.165, 1.54) is 0 Å². The zero-order valence-electron chi connectivity index (χ0n) is 6.92. The largest absolute Gasteiger partial charge is 0.507 e.